The van der Waals surface area contributed by atoms with Gasteiger partial charge in [-0.1, -0.05) is 35.3 Å². The number of halogens is 2. The van der Waals surface area contributed by atoms with Gasteiger partial charge in [0, 0.05) is 10.9 Å². The number of rotatable bonds is 5. The molecule has 0 radical (unpaired) electrons. The fraction of sp³-hybridized carbons (Fsp3) is 0.533. The zero-order valence-electron chi connectivity index (χ0n) is 11.1. The van der Waals surface area contributed by atoms with Crippen LogP contribution in [0.25, 0.3) is 0 Å². The average molecular weight is 328 g/mol. The Morgan fingerprint density at radius 1 is 1.53 bits per heavy atom. The molecule has 104 valence electrons. The molecule has 1 fully saturated rings. The number of hydrogen-bond donors (Lipinski definition) is 1. The predicted octanol–water partition coefficient (Wildman–Crippen LogP) is 3.62. The molecular weight excluding hydrogens is 309 g/mol. The number of benzene rings is 1. The monoisotopic (exact) mass is 327 g/mol. The third-order valence-electron chi connectivity index (χ3n) is 3.82. The van der Waals surface area contributed by atoms with Gasteiger partial charge in [0.05, 0.1) is 5.54 Å². The number of Topliss-reactive ketones (excluding diaryl/α,β-unsaturated/α-hetero) is 1. The maximum atomic E-state index is 13.1. The Kier molecular flexibility index (Phi) is 4.74. The Morgan fingerprint density at radius 2 is 2.32 bits per heavy atom. The SMILES string of the molecule is CCCC1(C(=O)Cc2ccc(F)cc2Br)CCCN1. The van der Waals surface area contributed by atoms with Gasteiger partial charge in [0.2, 0.25) is 0 Å². The van der Waals surface area contributed by atoms with E-state index in [1.54, 1.807) is 6.07 Å². The molecule has 1 unspecified atom stereocenters. The van der Waals surface area contributed by atoms with E-state index in [0.29, 0.717) is 10.9 Å². The molecule has 0 saturated carbocycles. The molecule has 0 aromatic heterocycles. The lowest BCUT2D eigenvalue weighted by Gasteiger charge is -2.27. The predicted molar refractivity (Wildman–Crippen MR) is 77.7 cm³/mol. The van der Waals surface area contributed by atoms with Crippen molar-refractivity contribution in [1.29, 1.82) is 0 Å². The van der Waals surface area contributed by atoms with E-state index in [9.17, 15) is 9.18 Å². The molecule has 4 heteroatoms. The van der Waals surface area contributed by atoms with E-state index in [1.807, 2.05) is 0 Å². The first-order chi connectivity index (χ1) is 9.07. The minimum Gasteiger partial charge on any atom is -0.305 e. The molecule has 0 bridgehead atoms. The van der Waals surface area contributed by atoms with E-state index in [2.05, 4.69) is 28.2 Å². The first kappa shape index (κ1) is 14.7. The third-order valence-corrected chi connectivity index (χ3v) is 4.56. The van der Waals surface area contributed by atoms with E-state index in [1.165, 1.54) is 12.1 Å². The standard InChI is InChI=1S/C15H19BrFNO/c1-2-6-15(7-3-8-18-15)14(19)9-11-4-5-12(17)10-13(11)16/h4-5,10,18H,2-3,6-9H2,1H3. The van der Waals surface area contributed by atoms with Crippen LogP contribution in [0.15, 0.2) is 22.7 Å². The largest absolute Gasteiger partial charge is 0.305 e. The van der Waals surface area contributed by atoms with E-state index < -0.39 is 0 Å². The summed E-state index contributed by atoms with van der Waals surface area (Å²) in [6.45, 7) is 3.01. The molecule has 1 heterocycles. The second kappa shape index (κ2) is 6.14. The summed E-state index contributed by atoms with van der Waals surface area (Å²) in [4.78, 5) is 12.6. The summed E-state index contributed by atoms with van der Waals surface area (Å²) in [6, 6.07) is 4.51. The van der Waals surface area contributed by atoms with Crippen molar-refractivity contribution in [3.8, 4) is 0 Å². The first-order valence-electron chi connectivity index (χ1n) is 6.79. The molecule has 1 aromatic carbocycles. The van der Waals surface area contributed by atoms with Crippen molar-refractivity contribution in [3.63, 3.8) is 0 Å². The lowest BCUT2D eigenvalue weighted by molar-refractivity contribution is -0.124. The van der Waals surface area contributed by atoms with Crippen LogP contribution in [0.3, 0.4) is 0 Å². The second-order valence-corrected chi connectivity index (χ2v) is 6.05. The molecule has 0 aliphatic carbocycles. The summed E-state index contributed by atoms with van der Waals surface area (Å²) in [5.74, 6) is -0.0653. The van der Waals surface area contributed by atoms with Crippen LogP contribution in [0.5, 0.6) is 0 Å². The fourth-order valence-electron chi connectivity index (χ4n) is 2.83. The van der Waals surface area contributed by atoms with Crippen molar-refractivity contribution in [2.75, 3.05) is 6.54 Å². The zero-order chi connectivity index (χ0) is 13.9. The number of ketones is 1. The summed E-state index contributed by atoms with van der Waals surface area (Å²) in [5, 5.41) is 3.38. The van der Waals surface area contributed by atoms with Crippen molar-refractivity contribution in [2.45, 2.75) is 44.6 Å². The quantitative estimate of drug-likeness (QED) is 0.894. The molecule has 0 spiro atoms. The molecule has 1 aliphatic heterocycles. The Balaban J connectivity index is 2.15. The number of nitrogens with one attached hydrogen (secondary N) is 1. The molecule has 1 atom stereocenters. The summed E-state index contributed by atoms with van der Waals surface area (Å²) in [5.41, 5.74) is 0.498. The third kappa shape index (κ3) is 3.23. The van der Waals surface area contributed by atoms with Crippen molar-refractivity contribution in [2.24, 2.45) is 0 Å². The lowest BCUT2D eigenvalue weighted by atomic mass is 9.84. The van der Waals surface area contributed by atoms with Crippen LogP contribution in [0.2, 0.25) is 0 Å². The number of carbonyl (C=O) groups excluding carboxylic acids is 1. The highest BCUT2D eigenvalue weighted by Crippen LogP contribution is 2.28. The van der Waals surface area contributed by atoms with Gasteiger partial charge in [0.25, 0.3) is 0 Å². The topological polar surface area (TPSA) is 29.1 Å². The van der Waals surface area contributed by atoms with Gasteiger partial charge >= 0.3 is 0 Å². The highest BCUT2D eigenvalue weighted by Gasteiger charge is 2.39. The summed E-state index contributed by atoms with van der Waals surface area (Å²) >= 11 is 3.33. The molecule has 2 rings (SSSR count). The Morgan fingerprint density at radius 3 is 2.89 bits per heavy atom. The van der Waals surface area contributed by atoms with Crippen LogP contribution >= 0.6 is 15.9 Å². The molecule has 19 heavy (non-hydrogen) atoms. The summed E-state index contributed by atoms with van der Waals surface area (Å²) in [6.07, 6.45) is 4.19. The Bertz CT molecular complexity index is 469. The molecule has 2 nitrogen and oxygen atoms in total. The minimum absolute atomic E-state index is 0.221. The van der Waals surface area contributed by atoms with Crippen LogP contribution in [-0.2, 0) is 11.2 Å². The van der Waals surface area contributed by atoms with Gasteiger partial charge in [-0.05, 0) is 43.5 Å². The molecular formula is C15H19BrFNO. The summed E-state index contributed by atoms with van der Waals surface area (Å²) in [7, 11) is 0. The minimum atomic E-state index is -0.359. The highest BCUT2D eigenvalue weighted by molar-refractivity contribution is 9.10. The smallest absolute Gasteiger partial charge is 0.157 e. The Labute approximate surface area is 121 Å². The van der Waals surface area contributed by atoms with Crippen LogP contribution in [0.1, 0.15) is 38.2 Å². The first-order valence-corrected chi connectivity index (χ1v) is 7.59. The summed E-state index contributed by atoms with van der Waals surface area (Å²) < 4.78 is 13.7. The van der Waals surface area contributed by atoms with Crippen molar-refractivity contribution >= 4 is 21.7 Å². The van der Waals surface area contributed by atoms with Crippen LogP contribution in [-0.4, -0.2) is 17.9 Å². The number of carbonyl (C=O) groups is 1. The highest BCUT2D eigenvalue weighted by atomic mass is 79.9. The van der Waals surface area contributed by atoms with Crippen molar-refractivity contribution in [3.05, 3.63) is 34.1 Å². The second-order valence-electron chi connectivity index (χ2n) is 5.20. The van der Waals surface area contributed by atoms with Gasteiger partial charge in [-0.3, -0.25) is 4.79 Å². The van der Waals surface area contributed by atoms with Gasteiger partial charge in [0.15, 0.2) is 5.78 Å². The van der Waals surface area contributed by atoms with E-state index >= 15 is 0 Å². The molecule has 0 amide bonds. The molecule has 1 aromatic rings. The zero-order valence-corrected chi connectivity index (χ0v) is 12.7. The van der Waals surface area contributed by atoms with Gasteiger partial charge in [-0.2, -0.15) is 0 Å². The van der Waals surface area contributed by atoms with Crippen LogP contribution in [0, 0.1) is 5.82 Å². The van der Waals surface area contributed by atoms with E-state index in [4.69, 9.17) is 0 Å². The van der Waals surface area contributed by atoms with E-state index in [0.717, 1.165) is 37.8 Å². The van der Waals surface area contributed by atoms with Gasteiger partial charge < -0.3 is 5.32 Å². The van der Waals surface area contributed by atoms with E-state index in [-0.39, 0.29) is 17.1 Å². The van der Waals surface area contributed by atoms with Crippen LogP contribution < -0.4 is 5.32 Å². The van der Waals surface area contributed by atoms with Gasteiger partial charge in [-0.25, -0.2) is 4.39 Å². The molecule has 1 aliphatic rings. The van der Waals surface area contributed by atoms with Gasteiger partial charge in [-0.15, -0.1) is 0 Å². The van der Waals surface area contributed by atoms with Crippen molar-refractivity contribution < 1.29 is 9.18 Å². The normalized spacial score (nSPS) is 22.7. The number of hydrogen-bond acceptors (Lipinski definition) is 2. The Hall–Kier alpha value is -0.740. The average Bonchev–Trinajstić information content (AvgIpc) is 2.83. The van der Waals surface area contributed by atoms with Gasteiger partial charge in [0.1, 0.15) is 5.82 Å². The van der Waals surface area contributed by atoms with Crippen LogP contribution in [0.4, 0.5) is 4.39 Å². The maximum absolute atomic E-state index is 13.1. The lowest BCUT2D eigenvalue weighted by Crippen LogP contribution is -2.48. The molecule has 1 saturated heterocycles. The molecule has 1 N–H and O–H groups in total. The van der Waals surface area contributed by atoms with Crippen molar-refractivity contribution in [1.82, 2.24) is 5.32 Å². The maximum Gasteiger partial charge on any atom is 0.157 e. The fourth-order valence-corrected chi connectivity index (χ4v) is 3.32.